The van der Waals surface area contributed by atoms with Crippen molar-refractivity contribution in [3.63, 3.8) is 0 Å². The van der Waals surface area contributed by atoms with Gasteiger partial charge in [0.15, 0.2) is 16.6 Å². The van der Waals surface area contributed by atoms with E-state index in [1.54, 1.807) is 0 Å². The average molecular weight is 323 g/mol. The summed E-state index contributed by atoms with van der Waals surface area (Å²) in [6.45, 7) is 6.22. The third-order valence-electron chi connectivity index (χ3n) is 2.88. The molecule has 1 aromatic carbocycles. The van der Waals surface area contributed by atoms with Crippen molar-refractivity contribution in [2.75, 3.05) is 6.79 Å². The van der Waals surface area contributed by atoms with E-state index in [-0.39, 0.29) is 18.2 Å². The number of aryl methyl sites for hydroxylation is 1. The van der Waals surface area contributed by atoms with Crippen LogP contribution in [-0.2, 0) is 11.2 Å². The third kappa shape index (κ3) is 5.07. The van der Waals surface area contributed by atoms with Crippen LogP contribution in [0, 0.1) is 0 Å². The standard InChI is InChI=1S/C15H21N3O3S/c1-15(2,3)16-14(22)18-17-13(19)7-5-10-4-6-11-12(8-10)21-9-20-11/h4,6,8H,5,7,9H2,1-3H3,(H,17,19)(H2,16,18,22). The summed E-state index contributed by atoms with van der Waals surface area (Å²) >= 11 is 5.08. The lowest BCUT2D eigenvalue weighted by Gasteiger charge is -2.23. The average Bonchev–Trinajstić information content (AvgIpc) is 2.88. The summed E-state index contributed by atoms with van der Waals surface area (Å²) in [5, 5.41) is 3.44. The molecule has 0 spiro atoms. The van der Waals surface area contributed by atoms with Crippen LogP contribution in [0.3, 0.4) is 0 Å². The highest BCUT2D eigenvalue weighted by atomic mass is 32.1. The van der Waals surface area contributed by atoms with Crippen LogP contribution in [0.5, 0.6) is 11.5 Å². The molecule has 1 amide bonds. The first-order valence-corrected chi connectivity index (χ1v) is 7.50. The Labute approximate surface area is 135 Å². The molecule has 0 radical (unpaired) electrons. The van der Waals surface area contributed by atoms with Crippen molar-refractivity contribution in [1.29, 1.82) is 0 Å². The number of carbonyl (C=O) groups excluding carboxylic acids is 1. The van der Waals surface area contributed by atoms with Crippen LogP contribution in [0.2, 0.25) is 0 Å². The number of thiocarbonyl (C=S) groups is 1. The molecular weight excluding hydrogens is 302 g/mol. The van der Waals surface area contributed by atoms with Gasteiger partial charge in [-0.05, 0) is 57.1 Å². The molecule has 0 bridgehead atoms. The molecule has 0 aromatic heterocycles. The number of hydrogen-bond acceptors (Lipinski definition) is 4. The van der Waals surface area contributed by atoms with Crippen LogP contribution in [0.25, 0.3) is 0 Å². The third-order valence-corrected chi connectivity index (χ3v) is 3.09. The summed E-state index contributed by atoms with van der Waals surface area (Å²) in [7, 11) is 0. The molecule has 22 heavy (non-hydrogen) atoms. The van der Waals surface area contributed by atoms with Crippen molar-refractivity contribution in [3.8, 4) is 11.5 Å². The zero-order chi connectivity index (χ0) is 16.2. The summed E-state index contributed by atoms with van der Waals surface area (Å²) in [4.78, 5) is 11.8. The molecule has 0 saturated carbocycles. The second-order valence-corrected chi connectivity index (χ2v) is 6.47. The fourth-order valence-corrected chi connectivity index (χ4v) is 2.27. The van der Waals surface area contributed by atoms with E-state index in [1.807, 2.05) is 39.0 Å². The Morgan fingerprint density at radius 1 is 1.23 bits per heavy atom. The Hall–Kier alpha value is -2.02. The Balaban J connectivity index is 1.73. The zero-order valence-corrected chi connectivity index (χ0v) is 13.8. The number of hydrogen-bond donors (Lipinski definition) is 3. The fraction of sp³-hybridized carbons (Fsp3) is 0.467. The molecule has 120 valence electrons. The minimum atomic E-state index is -0.151. The van der Waals surface area contributed by atoms with Gasteiger partial charge in [-0.2, -0.15) is 0 Å². The minimum Gasteiger partial charge on any atom is -0.454 e. The molecule has 1 aromatic rings. The molecule has 6 nitrogen and oxygen atoms in total. The van der Waals surface area contributed by atoms with Gasteiger partial charge in [0.1, 0.15) is 0 Å². The number of rotatable bonds is 3. The van der Waals surface area contributed by atoms with E-state index in [0.717, 1.165) is 17.1 Å². The highest BCUT2D eigenvalue weighted by molar-refractivity contribution is 7.80. The largest absolute Gasteiger partial charge is 0.454 e. The van der Waals surface area contributed by atoms with Crippen molar-refractivity contribution < 1.29 is 14.3 Å². The molecule has 2 rings (SSSR count). The Morgan fingerprint density at radius 2 is 1.95 bits per heavy atom. The highest BCUT2D eigenvalue weighted by Gasteiger charge is 2.14. The monoisotopic (exact) mass is 323 g/mol. The molecule has 0 unspecified atom stereocenters. The first-order chi connectivity index (χ1) is 10.3. The molecule has 1 aliphatic rings. The van der Waals surface area contributed by atoms with Gasteiger partial charge in [0, 0.05) is 12.0 Å². The lowest BCUT2D eigenvalue weighted by Crippen LogP contribution is -2.52. The Morgan fingerprint density at radius 3 is 2.68 bits per heavy atom. The van der Waals surface area contributed by atoms with Gasteiger partial charge >= 0.3 is 0 Å². The summed E-state index contributed by atoms with van der Waals surface area (Å²) in [6.07, 6.45) is 0.967. The van der Waals surface area contributed by atoms with E-state index in [9.17, 15) is 4.79 Å². The van der Waals surface area contributed by atoms with Crippen molar-refractivity contribution in [3.05, 3.63) is 23.8 Å². The number of hydrazine groups is 1. The van der Waals surface area contributed by atoms with Crippen molar-refractivity contribution in [2.24, 2.45) is 0 Å². The minimum absolute atomic E-state index is 0.129. The predicted octanol–water partition coefficient (Wildman–Crippen LogP) is 1.64. The molecule has 3 N–H and O–H groups in total. The van der Waals surface area contributed by atoms with Gasteiger partial charge < -0.3 is 14.8 Å². The SMILES string of the molecule is CC(C)(C)NC(=S)NNC(=O)CCc1ccc2c(c1)OCO2. The lowest BCUT2D eigenvalue weighted by molar-refractivity contribution is -0.121. The highest BCUT2D eigenvalue weighted by Crippen LogP contribution is 2.32. The topological polar surface area (TPSA) is 71.6 Å². The van der Waals surface area contributed by atoms with Gasteiger partial charge in [0.05, 0.1) is 0 Å². The van der Waals surface area contributed by atoms with Gasteiger partial charge in [-0.1, -0.05) is 6.07 Å². The first-order valence-electron chi connectivity index (χ1n) is 7.09. The van der Waals surface area contributed by atoms with E-state index in [0.29, 0.717) is 18.0 Å². The molecule has 7 heteroatoms. The van der Waals surface area contributed by atoms with Gasteiger partial charge in [-0.25, -0.2) is 0 Å². The number of ether oxygens (including phenoxy) is 2. The number of fused-ring (bicyclic) bond motifs is 1. The van der Waals surface area contributed by atoms with Crippen LogP contribution in [0.4, 0.5) is 0 Å². The number of nitrogens with one attached hydrogen (secondary N) is 3. The maximum absolute atomic E-state index is 11.8. The Kier molecular flexibility index (Phi) is 5.07. The van der Waals surface area contributed by atoms with E-state index in [2.05, 4.69) is 16.2 Å². The van der Waals surface area contributed by atoms with Crippen molar-refractivity contribution >= 4 is 23.2 Å². The van der Waals surface area contributed by atoms with Crippen LogP contribution in [0.1, 0.15) is 32.8 Å². The molecule has 0 fully saturated rings. The number of benzene rings is 1. The molecular formula is C15H21N3O3S. The summed E-state index contributed by atoms with van der Waals surface area (Å²) < 4.78 is 10.6. The van der Waals surface area contributed by atoms with Crippen LogP contribution in [-0.4, -0.2) is 23.4 Å². The van der Waals surface area contributed by atoms with Gasteiger partial charge in [0.2, 0.25) is 12.7 Å². The first kappa shape index (κ1) is 16.4. The smallest absolute Gasteiger partial charge is 0.238 e. The molecule has 0 aliphatic carbocycles. The van der Waals surface area contributed by atoms with Crippen molar-refractivity contribution in [1.82, 2.24) is 16.2 Å². The zero-order valence-electron chi connectivity index (χ0n) is 13.0. The summed E-state index contributed by atoms with van der Waals surface area (Å²) in [5.41, 5.74) is 6.14. The van der Waals surface area contributed by atoms with Crippen LogP contribution < -0.4 is 25.6 Å². The van der Waals surface area contributed by atoms with E-state index in [1.165, 1.54) is 0 Å². The van der Waals surface area contributed by atoms with E-state index >= 15 is 0 Å². The maximum Gasteiger partial charge on any atom is 0.238 e. The van der Waals surface area contributed by atoms with Gasteiger partial charge in [-0.3, -0.25) is 15.6 Å². The van der Waals surface area contributed by atoms with Crippen LogP contribution >= 0.6 is 12.2 Å². The predicted molar refractivity (Wildman–Crippen MR) is 87.7 cm³/mol. The van der Waals surface area contributed by atoms with E-state index < -0.39 is 0 Å². The molecule has 1 heterocycles. The maximum atomic E-state index is 11.8. The normalized spacial score (nSPS) is 12.7. The number of carbonyl (C=O) groups is 1. The quantitative estimate of drug-likeness (QED) is 0.580. The number of amides is 1. The van der Waals surface area contributed by atoms with E-state index in [4.69, 9.17) is 21.7 Å². The molecule has 0 saturated heterocycles. The second-order valence-electron chi connectivity index (χ2n) is 6.06. The van der Waals surface area contributed by atoms with Gasteiger partial charge in [0.25, 0.3) is 0 Å². The lowest BCUT2D eigenvalue weighted by atomic mass is 10.1. The Bertz CT molecular complexity index is 570. The molecule has 1 aliphatic heterocycles. The van der Waals surface area contributed by atoms with Gasteiger partial charge in [-0.15, -0.1) is 0 Å². The van der Waals surface area contributed by atoms with Crippen molar-refractivity contribution in [2.45, 2.75) is 39.2 Å². The van der Waals surface area contributed by atoms with Crippen LogP contribution in [0.15, 0.2) is 18.2 Å². The molecule has 0 atom stereocenters. The second kappa shape index (κ2) is 6.83. The summed E-state index contributed by atoms with van der Waals surface area (Å²) in [6, 6.07) is 5.69. The fourth-order valence-electron chi connectivity index (χ4n) is 1.92. The summed E-state index contributed by atoms with van der Waals surface area (Å²) in [5.74, 6) is 1.34.